The molecule has 1 saturated carbocycles. The first-order valence-corrected chi connectivity index (χ1v) is 11.9. The van der Waals surface area contributed by atoms with Crippen LogP contribution in [0.3, 0.4) is 0 Å². The topological polar surface area (TPSA) is 58.6 Å². The van der Waals surface area contributed by atoms with Crippen LogP contribution >= 0.6 is 11.3 Å². The van der Waals surface area contributed by atoms with E-state index in [0.29, 0.717) is 11.4 Å². The Morgan fingerprint density at radius 1 is 1.03 bits per heavy atom. The Morgan fingerprint density at radius 3 is 2.38 bits per heavy atom. The number of rotatable bonds is 8. The molecular formula is C26H28N2O3S. The van der Waals surface area contributed by atoms with E-state index in [-0.39, 0.29) is 24.3 Å². The number of carbonyl (C=O) groups excluding carboxylic acids is 2. The van der Waals surface area contributed by atoms with Gasteiger partial charge in [-0.25, -0.2) is 0 Å². The van der Waals surface area contributed by atoms with Crippen molar-refractivity contribution >= 4 is 28.8 Å². The Hall–Kier alpha value is -3.12. The van der Waals surface area contributed by atoms with E-state index >= 15 is 0 Å². The highest BCUT2D eigenvalue weighted by Gasteiger charge is 2.34. The molecule has 4 rings (SSSR count). The van der Waals surface area contributed by atoms with Gasteiger partial charge in [0.05, 0.1) is 13.5 Å². The van der Waals surface area contributed by atoms with E-state index in [2.05, 4.69) is 5.32 Å². The minimum Gasteiger partial charge on any atom is -0.497 e. The minimum atomic E-state index is -0.752. The third kappa shape index (κ3) is 5.19. The summed E-state index contributed by atoms with van der Waals surface area (Å²) in [4.78, 5) is 29.9. The van der Waals surface area contributed by atoms with Crippen LogP contribution in [0, 0.1) is 0 Å². The minimum absolute atomic E-state index is 0.118. The molecule has 6 heteroatoms. The number of methoxy groups -OCH3 is 1. The van der Waals surface area contributed by atoms with Crippen LogP contribution in [0.1, 0.15) is 42.2 Å². The van der Waals surface area contributed by atoms with Gasteiger partial charge in [-0.1, -0.05) is 49.2 Å². The number of nitrogens with zero attached hydrogens (tertiary/aromatic N) is 1. The summed E-state index contributed by atoms with van der Waals surface area (Å²) < 4.78 is 5.29. The summed E-state index contributed by atoms with van der Waals surface area (Å²) in [6, 6.07) is 20.2. The second-order valence-electron chi connectivity index (χ2n) is 8.02. The standard InChI is InChI=1S/C26H28N2O3S/c1-31-22-15-13-21(14-16-22)28(24(29)18-23-12-7-17-32-23)25(19-8-3-2-4-9-19)26(30)27-20-10-5-6-11-20/h2-4,7-9,12-17,20,25H,5-6,10-11,18H2,1H3,(H,27,30)/t25-/m1/s1. The largest absolute Gasteiger partial charge is 0.497 e. The van der Waals surface area contributed by atoms with Gasteiger partial charge < -0.3 is 10.1 Å². The quantitative estimate of drug-likeness (QED) is 0.520. The van der Waals surface area contributed by atoms with Crippen molar-refractivity contribution in [2.75, 3.05) is 12.0 Å². The maximum Gasteiger partial charge on any atom is 0.248 e. The van der Waals surface area contributed by atoms with Gasteiger partial charge >= 0.3 is 0 Å². The van der Waals surface area contributed by atoms with Crippen molar-refractivity contribution in [1.29, 1.82) is 0 Å². The maximum atomic E-state index is 13.6. The molecule has 0 spiro atoms. The van der Waals surface area contributed by atoms with E-state index < -0.39 is 6.04 Å². The average Bonchev–Trinajstić information content (AvgIpc) is 3.52. The zero-order valence-electron chi connectivity index (χ0n) is 18.2. The highest BCUT2D eigenvalue weighted by atomic mass is 32.1. The second kappa shape index (κ2) is 10.5. The van der Waals surface area contributed by atoms with Crippen molar-refractivity contribution in [3.63, 3.8) is 0 Å². The highest BCUT2D eigenvalue weighted by Crippen LogP contribution is 2.31. The van der Waals surface area contributed by atoms with Crippen molar-refractivity contribution in [2.45, 2.75) is 44.2 Å². The molecule has 1 aliphatic rings. The van der Waals surface area contributed by atoms with E-state index in [9.17, 15) is 9.59 Å². The molecule has 2 aromatic carbocycles. The summed E-state index contributed by atoms with van der Waals surface area (Å²) >= 11 is 1.54. The number of anilines is 1. The molecule has 1 aromatic heterocycles. The first kappa shape index (κ1) is 22.1. The lowest BCUT2D eigenvalue weighted by Gasteiger charge is -2.32. The molecule has 3 aromatic rings. The Labute approximate surface area is 193 Å². The molecule has 1 N–H and O–H groups in total. The van der Waals surface area contributed by atoms with Gasteiger partial charge in [0.15, 0.2) is 0 Å². The van der Waals surface area contributed by atoms with Crippen molar-refractivity contribution in [2.24, 2.45) is 0 Å². The van der Waals surface area contributed by atoms with Gasteiger partial charge in [0.25, 0.3) is 0 Å². The molecule has 1 fully saturated rings. The summed E-state index contributed by atoms with van der Waals surface area (Å²) in [5.41, 5.74) is 1.46. The second-order valence-corrected chi connectivity index (χ2v) is 9.05. The number of hydrogen-bond acceptors (Lipinski definition) is 4. The number of nitrogens with one attached hydrogen (secondary N) is 1. The Balaban J connectivity index is 1.73. The lowest BCUT2D eigenvalue weighted by Crippen LogP contribution is -2.46. The highest BCUT2D eigenvalue weighted by molar-refractivity contribution is 7.10. The average molecular weight is 449 g/mol. The molecule has 1 heterocycles. The smallest absolute Gasteiger partial charge is 0.248 e. The van der Waals surface area contributed by atoms with Crippen LogP contribution in [0.15, 0.2) is 72.1 Å². The van der Waals surface area contributed by atoms with E-state index in [0.717, 1.165) is 36.1 Å². The summed E-state index contributed by atoms with van der Waals surface area (Å²) in [7, 11) is 1.61. The number of ether oxygens (including phenoxy) is 1. The fourth-order valence-electron chi connectivity index (χ4n) is 4.23. The molecule has 1 aliphatic carbocycles. The van der Waals surface area contributed by atoms with Crippen LogP contribution in [0.2, 0.25) is 0 Å². The van der Waals surface area contributed by atoms with Crippen molar-refractivity contribution < 1.29 is 14.3 Å². The predicted molar refractivity (Wildman–Crippen MR) is 128 cm³/mol. The molecule has 2 amide bonds. The number of amides is 2. The molecular weight excluding hydrogens is 420 g/mol. The fourth-order valence-corrected chi connectivity index (χ4v) is 4.93. The molecule has 0 saturated heterocycles. The SMILES string of the molecule is COc1ccc(N(C(=O)Cc2cccs2)[C@@H](C(=O)NC2CCCC2)c2ccccc2)cc1. The van der Waals surface area contributed by atoms with Crippen molar-refractivity contribution in [1.82, 2.24) is 5.32 Å². The molecule has 32 heavy (non-hydrogen) atoms. The van der Waals surface area contributed by atoms with Gasteiger partial charge in [-0.15, -0.1) is 11.3 Å². The van der Waals surface area contributed by atoms with Gasteiger partial charge in [-0.3, -0.25) is 14.5 Å². The van der Waals surface area contributed by atoms with E-state index in [1.165, 1.54) is 0 Å². The first-order chi connectivity index (χ1) is 15.7. The van der Waals surface area contributed by atoms with Gasteiger partial charge in [0, 0.05) is 16.6 Å². The van der Waals surface area contributed by atoms with Gasteiger partial charge in [0.2, 0.25) is 11.8 Å². The van der Waals surface area contributed by atoms with E-state index in [4.69, 9.17) is 4.74 Å². The van der Waals surface area contributed by atoms with Gasteiger partial charge in [0.1, 0.15) is 11.8 Å². The summed E-state index contributed by atoms with van der Waals surface area (Å²) in [5.74, 6) is 0.442. The molecule has 0 aliphatic heterocycles. The predicted octanol–water partition coefficient (Wildman–Crippen LogP) is 5.13. The molecule has 0 radical (unpaired) electrons. The number of benzene rings is 2. The zero-order valence-corrected chi connectivity index (χ0v) is 19.0. The third-order valence-corrected chi connectivity index (χ3v) is 6.72. The first-order valence-electron chi connectivity index (χ1n) is 11.0. The Kier molecular flexibility index (Phi) is 7.22. The third-order valence-electron chi connectivity index (χ3n) is 5.85. The number of thiophene rings is 1. The Bertz CT molecular complexity index is 1010. The van der Waals surface area contributed by atoms with Gasteiger partial charge in [-0.05, 0) is 54.1 Å². The van der Waals surface area contributed by atoms with E-state index in [1.807, 2.05) is 72.1 Å². The number of carbonyl (C=O) groups is 2. The van der Waals surface area contributed by atoms with Crippen molar-refractivity contribution in [3.05, 3.63) is 82.6 Å². The monoisotopic (exact) mass is 448 g/mol. The maximum absolute atomic E-state index is 13.6. The molecule has 1 atom stereocenters. The van der Waals surface area contributed by atoms with Crippen LogP contribution < -0.4 is 15.0 Å². The molecule has 0 unspecified atom stereocenters. The summed E-state index contributed by atoms with van der Waals surface area (Å²) in [6.07, 6.45) is 4.46. The van der Waals surface area contributed by atoms with Crippen LogP contribution in [0.4, 0.5) is 5.69 Å². The molecule has 0 bridgehead atoms. The van der Waals surface area contributed by atoms with Crippen LogP contribution in [-0.2, 0) is 16.0 Å². The molecule has 166 valence electrons. The normalized spacial score (nSPS) is 14.7. The molecule has 5 nitrogen and oxygen atoms in total. The van der Waals surface area contributed by atoms with Crippen LogP contribution in [0.25, 0.3) is 0 Å². The summed E-state index contributed by atoms with van der Waals surface area (Å²) in [6.45, 7) is 0. The Morgan fingerprint density at radius 2 is 1.75 bits per heavy atom. The van der Waals surface area contributed by atoms with Crippen LogP contribution in [-0.4, -0.2) is 25.0 Å². The number of hydrogen-bond donors (Lipinski definition) is 1. The van der Waals surface area contributed by atoms with Crippen molar-refractivity contribution in [3.8, 4) is 5.75 Å². The zero-order chi connectivity index (χ0) is 22.3. The summed E-state index contributed by atoms with van der Waals surface area (Å²) in [5, 5.41) is 5.17. The lowest BCUT2D eigenvalue weighted by atomic mass is 10.0. The lowest BCUT2D eigenvalue weighted by molar-refractivity contribution is -0.127. The van der Waals surface area contributed by atoms with E-state index in [1.54, 1.807) is 23.3 Å². The fraction of sp³-hybridized carbons (Fsp3) is 0.308. The van der Waals surface area contributed by atoms with Gasteiger partial charge in [-0.2, -0.15) is 0 Å². The van der Waals surface area contributed by atoms with Crippen LogP contribution in [0.5, 0.6) is 5.75 Å².